The average Bonchev–Trinajstić information content (AvgIpc) is 2.25. The molecule has 1 fully saturated rings. The van der Waals surface area contributed by atoms with E-state index in [1.165, 1.54) is 0 Å². The molecule has 0 radical (unpaired) electrons. The topological polar surface area (TPSA) is 21.3 Å². The zero-order valence-corrected chi connectivity index (χ0v) is 10.4. The summed E-state index contributed by atoms with van der Waals surface area (Å²) in [7, 11) is 0. The van der Waals surface area contributed by atoms with Crippen molar-refractivity contribution < 1.29 is 9.13 Å². The number of ether oxygens (including phenoxy) is 1. The van der Waals surface area contributed by atoms with Crippen LogP contribution in [0.3, 0.4) is 0 Å². The Balaban J connectivity index is 1.98. The smallest absolute Gasteiger partial charge is 0.149 e. The van der Waals surface area contributed by atoms with Crippen LogP contribution in [-0.4, -0.2) is 25.4 Å². The Bertz CT molecular complexity index is 317. The van der Waals surface area contributed by atoms with Crippen molar-refractivity contribution in [1.82, 2.24) is 5.32 Å². The fraction of sp³-hybridized carbons (Fsp3) is 0.455. The minimum atomic E-state index is -0.905. The van der Waals surface area contributed by atoms with Gasteiger partial charge in [0.25, 0.3) is 0 Å². The van der Waals surface area contributed by atoms with Gasteiger partial charge in [0, 0.05) is 10.1 Å². The van der Waals surface area contributed by atoms with Gasteiger partial charge in [0.05, 0.1) is 0 Å². The molecule has 82 valence electrons. The Morgan fingerprint density at radius 2 is 2.07 bits per heavy atom. The second-order valence-electron chi connectivity index (χ2n) is 3.62. The van der Waals surface area contributed by atoms with Crippen molar-refractivity contribution in [2.24, 2.45) is 0 Å². The predicted octanol–water partition coefficient (Wildman–Crippen LogP) is 2.37. The summed E-state index contributed by atoms with van der Waals surface area (Å²) >= 11 is 2.23. The van der Waals surface area contributed by atoms with Gasteiger partial charge in [-0.1, -0.05) is 0 Å². The van der Waals surface area contributed by atoms with E-state index in [4.69, 9.17) is 4.74 Å². The number of rotatable bonds is 2. The lowest BCUT2D eigenvalue weighted by atomic mass is 10.1. The lowest BCUT2D eigenvalue weighted by molar-refractivity contribution is 0.0731. The van der Waals surface area contributed by atoms with Crippen LogP contribution in [0.2, 0.25) is 0 Å². The molecule has 0 unspecified atom stereocenters. The molecule has 0 amide bonds. The number of halogens is 2. The molecule has 1 aliphatic rings. The minimum Gasteiger partial charge on any atom is -0.487 e. The lowest BCUT2D eigenvalue weighted by Gasteiger charge is -2.27. The molecule has 4 heteroatoms. The maximum atomic E-state index is 13.4. The van der Waals surface area contributed by atoms with Crippen LogP contribution in [0.1, 0.15) is 6.42 Å². The van der Waals surface area contributed by atoms with Crippen molar-refractivity contribution in [1.29, 1.82) is 0 Å². The highest BCUT2D eigenvalue weighted by Crippen LogP contribution is 2.19. The molecule has 15 heavy (non-hydrogen) atoms. The van der Waals surface area contributed by atoms with Crippen LogP contribution in [0.15, 0.2) is 24.3 Å². The summed E-state index contributed by atoms with van der Waals surface area (Å²) in [6.07, 6.45) is -0.475. The maximum absolute atomic E-state index is 13.4. The summed E-state index contributed by atoms with van der Waals surface area (Å²) in [5, 5.41) is 3.00. The van der Waals surface area contributed by atoms with E-state index in [9.17, 15) is 4.39 Å². The normalized spacial score (nSPS) is 26.3. The molecule has 1 aliphatic heterocycles. The van der Waals surface area contributed by atoms with Crippen molar-refractivity contribution in [2.75, 3.05) is 13.1 Å². The van der Waals surface area contributed by atoms with Crippen molar-refractivity contribution >= 4 is 22.6 Å². The molecular formula is C11H13FINO. The van der Waals surface area contributed by atoms with Crippen molar-refractivity contribution in [3.05, 3.63) is 27.8 Å². The largest absolute Gasteiger partial charge is 0.487 e. The summed E-state index contributed by atoms with van der Waals surface area (Å²) in [6, 6.07) is 7.70. The Kier molecular flexibility index (Phi) is 3.80. The first-order valence-electron chi connectivity index (χ1n) is 5.03. The fourth-order valence-electron chi connectivity index (χ4n) is 1.62. The number of alkyl halides is 1. The van der Waals surface area contributed by atoms with Crippen LogP contribution in [0, 0.1) is 3.57 Å². The van der Waals surface area contributed by atoms with Crippen molar-refractivity contribution in [2.45, 2.75) is 18.7 Å². The number of hydrogen-bond acceptors (Lipinski definition) is 2. The number of piperidine rings is 1. The molecule has 2 nitrogen and oxygen atoms in total. The molecule has 1 saturated heterocycles. The highest BCUT2D eigenvalue weighted by Gasteiger charge is 2.25. The van der Waals surface area contributed by atoms with Crippen LogP contribution >= 0.6 is 22.6 Å². The molecule has 2 atom stereocenters. The van der Waals surface area contributed by atoms with Crippen molar-refractivity contribution in [3.63, 3.8) is 0 Å². The van der Waals surface area contributed by atoms with E-state index in [1.54, 1.807) is 0 Å². The summed E-state index contributed by atoms with van der Waals surface area (Å²) in [6.45, 7) is 1.23. The third-order valence-corrected chi connectivity index (χ3v) is 3.17. The quantitative estimate of drug-likeness (QED) is 0.845. The standard InChI is InChI=1S/C11H13FINO/c12-10-7-14-6-5-11(10)15-9-3-1-8(13)2-4-9/h1-4,10-11,14H,5-7H2/t10-,11+/m1/s1. The first-order valence-corrected chi connectivity index (χ1v) is 6.10. The Labute approximate surface area is 102 Å². The first kappa shape index (κ1) is 11.1. The van der Waals surface area contributed by atoms with Crippen LogP contribution in [0.25, 0.3) is 0 Å². The van der Waals surface area contributed by atoms with E-state index in [2.05, 4.69) is 27.9 Å². The van der Waals surface area contributed by atoms with Gasteiger partial charge in [0.1, 0.15) is 18.0 Å². The molecule has 1 heterocycles. The average molecular weight is 321 g/mol. The lowest BCUT2D eigenvalue weighted by Crippen LogP contribution is -2.44. The van der Waals surface area contributed by atoms with Gasteiger partial charge in [0.15, 0.2) is 0 Å². The van der Waals surface area contributed by atoms with E-state index in [1.807, 2.05) is 24.3 Å². The molecule has 0 spiro atoms. The zero-order valence-electron chi connectivity index (χ0n) is 8.25. The number of benzene rings is 1. The number of hydrogen-bond donors (Lipinski definition) is 1. The summed E-state index contributed by atoms with van der Waals surface area (Å²) in [5.41, 5.74) is 0. The van der Waals surface area contributed by atoms with E-state index < -0.39 is 6.17 Å². The second kappa shape index (κ2) is 5.12. The van der Waals surface area contributed by atoms with Gasteiger partial charge in [0.2, 0.25) is 0 Å². The van der Waals surface area contributed by atoms with Crippen LogP contribution < -0.4 is 10.1 Å². The maximum Gasteiger partial charge on any atom is 0.149 e. The van der Waals surface area contributed by atoms with Gasteiger partial charge in [-0.2, -0.15) is 0 Å². The van der Waals surface area contributed by atoms with Crippen LogP contribution in [0.5, 0.6) is 5.75 Å². The molecule has 1 aromatic carbocycles. The van der Waals surface area contributed by atoms with Gasteiger partial charge in [-0.25, -0.2) is 4.39 Å². The molecule has 2 rings (SSSR count). The SMILES string of the molecule is F[C@@H]1CNCC[C@@H]1Oc1ccc(I)cc1. The molecular weight excluding hydrogens is 308 g/mol. The summed E-state index contributed by atoms with van der Waals surface area (Å²) < 4.78 is 20.2. The van der Waals surface area contributed by atoms with Crippen LogP contribution in [0.4, 0.5) is 4.39 Å². The Morgan fingerprint density at radius 1 is 1.33 bits per heavy atom. The second-order valence-corrected chi connectivity index (χ2v) is 4.86. The predicted molar refractivity (Wildman–Crippen MR) is 66.0 cm³/mol. The molecule has 0 aliphatic carbocycles. The van der Waals surface area contributed by atoms with Crippen LogP contribution in [-0.2, 0) is 0 Å². The van der Waals surface area contributed by atoms with Gasteiger partial charge < -0.3 is 10.1 Å². The number of nitrogens with one attached hydrogen (secondary N) is 1. The van der Waals surface area contributed by atoms with Gasteiger partial charge in [-0.3, -0.25) is 0 Å². The van der Waals surface area contributed by atoms with E-state index in [0.29, 0.717) is 6.54 Å². The molecule has 1 aromatic rings. The van der Waals surface area contributed by atoms with Gasteiger partial charge in [-0.15, -0.1) is 0 Å². The molecule has 1 N–H and O–H groups in total. The monoisotopic (exact) mass is 321 g/mol. The Hall–Kier alpha value is -0.360. The molecule has 0 saturated carbocycles. The van der Waals surface area contributed by atoms with E-state index in [-0.39, 0.29) is 6.10 Å². The summed E-state index contributed by atoms with van der Waals surface area (Å²) in [5.74, 6) is 0.755. The third kappa shape index (κ3) is 3.04. The Morgan fingerprint density at radius 3 is 2.73 bits per heavy atom. The van der Waals surface area contributed by atoms with Crippen molar-refractivity contribution in [3.8, 4) is 5.75 Å². The zero-order chi connectivity index (χ0) is 10.7. The summed E-state index contributed by atoms with van der Waals surface area (Å²) in [4.78, 5) is 0. The van der Waals surface area contributed by atoms with E-state index >= 15 is 0 Å². The minimum absolute atomic E-state index is 0.300. The first-order chi connectivity index (χ1) is 7.25. The van der Waals surface area contributed by atoms with Gasteiger partial charge in [-0.05, 0) is 59.8 Å². The fourth-order valence-corrected chi connectivity index (χ4v) is 1.98. The highest BCUT2D eigenvalue weighted by atomic mass is 127. The third-order valence-electron chi connectivity index (χ3n) is 2.45. The van der Waals surface area contributed by atoms with Gasteiger partial charge >= 0.3 is 0 Å². The van der Waals surface area contributed by atoms with E-state index in [0.717, 1.165) is 22.3 Å². The molecule has 0 aromatic heterocycles. The highest BCUT2D eigenvalue weighted by molar-refractivity contribution is 14.1. The molecule has 0 bridgehead atoms.